The minimum absolute atomic E-state index is 3.11. The molecule has 0 aromatic rings. The largest absolute Gasteiger partial charge is 0.707 e. The molecule has 0 N–H and O–H groups in total. The summed E-state index contributed by atoms with van der Waals surface area (Å²) in [6.45, 7) is 0. The zero-order valence-corrected chi connectivity index (χ0v) is 9.19. The SMILES string of the molecule is O=S(=O)([O-])[SH+]C(F)(F)C(F)(F)C(F)(F)C(F)(F)F. The Hall–Kier alpha value is -0.370. The number of alkyl halides is 9. The molecule has 0 heterocycles. The van der Waals surface area contributed by atoms with Crippen LogP contribution in [0.5, 0.6) is 0 Å². The van der Waals surface area contributed by atoms with Gasteiger partial charge < -0.3 is 4.55 Å². The Morgan fingerprint density at radius 1 is 0.778 bits per heavy atom. The van der Waals surface area contributed by atoms with Crippen molar-refractivity contribution >= 4 is 19.9 Å². The lowest BCUT2D eigenvalue weighted by atomic mass is 10.1. The van der Waals surface area contributed by atoms with Gasteiger partial charge in [0.2, 0.25) is 0 Å². The third-order valence-corrected chi connectivity index (χ3v) is 3.45. The van der Waals surface area contributed by atoms with Crippen molar-refractivity contribution < 1.29 is 52.5 Å². The summed E-state index contributed by atoms with van der Waals surface area (Å²) in [6.07, 6.45) is -7.05. The Labute approximate surface area is 96.5 Å². The normalized spacial score (nSPS) is 15.9. The van der Waals surface area contributed by atoms with Crippen LogP contribution in [-0.2, 0) is 19.9 Å². The van der Waals surface area contributed by atoms with E-state index in [0.717, 1.165) is 0 Å². The van der Waals surface area contributed by atoms with Gasteiger partial charge in [-0.3, -0.25) is 0 Å². The highest BCUT2D eigenvalue weighted by molar-refractivity contribution is 8.59. The average Bonchev–Trinajstić information content (AvgIpc) is 1.95. The molecule has 0 aliphatic carbocycles. The molecule has 0 fully saturated rings. The smallest absolute Gasteiger partial charge is 0.493 e. The molecule has 0 atom stereocenters. The van der Waals surface area contributed by atoms with Gasteiger partial charge in [0.1, 0.15) is 0 Å². The molecular formula is C4HF9O3S2. The predicted octanol–water partition coefficient (Wildman–Crippen LogP) is 1.69. The molecular weight excluding hydrogens is 331 g/mol. The van der Waals surface area contributed by atoms with E-state index >= 15 is 0 Å². The molecule has 0 rings (SSSR count). The van der Waals surface area contributed by atoms with Crippen molar-refractivity contribution in [3.63, 3.8) is 0 Å². The lowest BCUT2D eigenvalue weighted by Gasteiger charge is -2.29. The highest BCUT2D eigenvalue weighted by Gasteiger charge is 2.86. The number of hydrogen-bond donors (Lipinski definition) is 0. The van der Waals surface area contributed by atoms with Crippen LogP contribution in [0.3, 0.4) is 0 Å². The van der Waals surface area contributed by atoms with E-state index in [1.165, 1.54) is 0 Å². The van der Waals surface area contributed by atoms with E-state index in [9.17, 15) is 52.5 Å². The van der Waals surface area contributed by atoms with Crippen molar-refractivity contribution in [1.29, 1.82) is 0 Å². The molecule has 110 valence electrons. The maximum atomic E-state index is 12.4. The number of hydrogen-bond acceptors (Lipinski definition) is 3. The van der Waals surface area contributed by atoms with Crippen molar-refractivity contribution in [1.82, 2.24) is 0 Å². The van der Waals surface area contributed by atoms with Gasteiger partial charge in [-0.15, -0.1) is 8.78 Å². The van der Waals surface area contributed by atoms with Crippen LogP contribution in [0.2, 0.25) is 0 Å². The first-order valence-corrected chi connectivity index (χ1v) is 6.26. The zero-order valence-electron chi connectivity index (χ0n) is 7.48. The van der Waals surface area contributed by atoms with Crippen LogP contribution >= 0.6 is 0 Å². The third-order valence-electron chi connectivity index (χ3n) is 1.35. The van der Waals surface area contributed by atoms with Gasteiger partial charge in [0.15, 0.2) is 10.8 Å². The van der Waals surface area contributed by atoms with E-state index in [1.807, 2.05) is 0 Å². The van der Waals surface area contributed by atoms with Crippen LogP contribution < -0.4 is 0 Å². The summed E-state index contributed by atoms with van der Waals surface area (Å²) in [5, 5.41) is -6.41. The van der Waals surface area contributed by atoms with E-state index < -0.39 is 43.2 Å². The highest BCUT2D eigenvalue weighted by Crippen LogP contribution is 2.53. The number of rotatable bonds is 4. The zero-order chi connectivity index (χ0) is 15.2. The molecule has 0 bridgehead atoms. The first kappa shape index (κ1) is 17.6. The van der Waals surface area contributed by atoms with Crippen molar-refractivity contribution in [2.75, 3.05) is 0 Å². The van der Waals surface area contributed by atoms with Gasteiger partial charge in [-0.05, 0) is 0 Å². The molecule has 3 nitrogen and oxygen atoms in total. The third kappa shape index (κ3) is 3.14. The van der Waals surface area contributed by atoms with Gasteiger partial charge >= 0.3 is 23.3 Å². The molecule has 0 aliphatic rings. The Balaban J connectivity index is 5.64. The quantitative estimate of drug-likeness (QED) is 0.259. The fraction of sp³-hybridized carbons (Fsp3) is 1.00. The van der Waals surface area contributed by atoms with E-state index in [-0.39, 0.29) is 0 Å². The molecule has 18 heavy (non-hydrogen) atoms. The Morgan fingerprint density at radius 2 is 1.11 bits per heavy atom. The Bertz CT molecular complexity index is 410. The summed E-state index contributed by atoms with van der Waals surface area (Å²) in [5.74, 6) is -14.3. The van der Waals surface area contributed by atoms with E-state index in [4.69, 9.17) is 0 Å². The fourth-order valence-electron chi connectivity index (χ4n) is 0.565. The fourth-order valence-corrected chi connectivity index (χ4v) is 2.29. The van der Waals surface area contributed by atoms with Crippen LogP contribution in [0.15, 0.2) is 0 Å². The molecule has 0 saturated heterocycles. The lowest BCUT2D eigenvalue weighted by molar-refractivity contribution is -0.381. The number of thiol groups is 1. The van der Waals surface area contributed by atoms with Crippen LogP contribution in [0.25, 0.3) is 0 Å². The van der Waals surface area contributed by atoms with Crippen molar-refractivity contribution in [3.05, 3.63) is 0 Å². The van der Waals surface area contributed by atoms with Gasteiger partial charge in [0.25, 0.3) is 9.15 Å². The van der Waals surface area contributed by atoms with E-state index in [0.29, 0.717) is 0 Å². The van der Waals surface area contributed by atoms with Crippen LogP contribution in [-0.4, -0.2) is 36.2 Å². The minimum Gasteiger partial charge on any atom is -0.707 e. The standard InChI is InChI=1S/C4HF9O3S2/c5-1(6,3(9,10)11)2(7,8)4(12,13)17-18(14,15)16/h(H,14,15,16). The summed E-state index contributed by atoms with van der Waals surface area (Å²) in [7, 11) is -9.29. The topological polar surface area (TPSA) is 57.2 Å². The van der Waals surface area contributed by atoms with Gasteiger partial charge in [0.05, 0.1) is 0 Å². The lowest BCUT2D eigenvalue weighted by Crippen LogP contribution is -2.61. The van der Waals surface area contributed by atoms with Gasteiger partial charge in [-0.25, -0.2) is 0 Å². The molecule has 0 radical (unpaired) electrons. The molecule has 0 unspecified atom stereocenters. The first-order chi connectivity index (χ1) is 7.46. The molecule has 0 aromatic carbocycles. The van der Waals surface area contributed by atoms with Crippen molar-refractivity contribution in [3.8, 4) is 0 Å². The average molecular weight is 332 g/mol. The molecule has 0 spiro atoms. The van der Waals surface area contributed by atoms with Crippen LogP contribution in [0.4, 0.5) is 39.5 Å². The van der Waals surface area contributed by atoms with Gasteiger partial charge in [-0.2, -0.15) is 39.2 Å². The van der Waals surface area contributed by atoms with Crippen LogP contribution in [0, 0.1) is 0 Å². The van der Waals surface area contributed by atoms with E-state index in [2.05, 4.69) is 0 Å². The van der Waals surface area contributed by atoms with Crippen molar-refractivity contribution in [2.24, 2.45) is 0 Å². The molecule has 0 aliphatic heterocycles. The molecule has 0 aromatic heterocycles. The van der Waals surface area contributed by atoms with Crippen LogP contribution in [0.1, 0.15) is 0 Å². The van der Waals surface area contributed by atoms with Crippen molar-refractivity contribution in [2.45, 2.75) is 23.3 Å². The number of halogens is 9. The monoisotopic (exact) mass is 332 g/mol. The van der Waals surface area contributed by atoms with E-state index in [1.54, 1.807) is 0 Å². The maximum absolute atomic E-state index is 12.4. The summed E-state index contributed by atoms with van der Waals surface area (Å²) in [5.41, 5.74) is 0. The van der Waals surface area contributed by atoms with Gasteiger partial charge in [0, 0.05) is 0 Å². The Morgan fingerprint density at radius 3 is 1.33 bits per heavy atom. The minimum atomic E-state index is -7.21. The Kier molecular flexibility index (Phi) is 4.24. The molecule has 0 amide bonds. The second kappa shape index (κ2) is 4.33. The summed E-state index contributed by atoms with van der Waals surface area (Å²) in [6, 6.07) is 0. The summed E-state index contributed by atoms with van der Waals surface area (Å²) < 4.78 is 138. The van der Waals surface area contributed by atoms with Gasteiger partial charge in [-0.1, -0.05) is 0 Å². The second-order valence-corrected chi connectivity index (χ2v) is 6.20. The summed E-state index contributed by atoms with van der Waals surface area (Å²) >= 11 is 0. The predicted molar refractivity (Wildman–Crippen MR) is 39.4 cm³/mol. The molecule has 0 saturated carbocycles. The maximum Gasteiger partial charge on any atom is 0.493 e. The molecule has 14 heteroatoms. The first-order valence-electron chi connectivity index (χ1n) is 3.36. The summed E-state index contributed by atoms with van der Waals surface area (Å²) in [4.78, 5) is 0. The highest BCUT2D eigenvalue weighted by atomic mass is 33.1. The second-order valence-electron chi connectivity index (χ2n) is 2.71.